The summed E-state index contributed by atoms with van der Waals surface area (Å²) in [5.74, 6) is -0.509. The fourth-order valence-corrected chi connectivity index (χ4v) is 6.72. The molecule has 200 valence electrons. The standard InChI is InChI=1S/C31H30N2O4S2/c1-2-3-6-16-23-20-39-30-26(32-25(34)19-24-17-11-18-38-24)29(35)33(30)27(23)31(36)37-28(21-12-7-4-8-13-21)22-14-9-5-10-15-22/h4-18,26,28,30H,2-3,19-20H2,1H3,(H,32,34)/t26-,30+/m1/s1. The third-order valence-electron chi connectivity index (χ3n) is 6.63. The summed E-state index contributed by atoms with van der Waals surface area (Å²) in [6.07, 6.45) is 5.40. The number of unbranched alkanes of at least 4 members (excludes halogenated alkanes) is 1. The van der Waals surface area contributed by atoms with Gasteiger partial charge in [0, 0.05) is 10.6 Å². The molecule has 8 heteroatoms. The van der Waals surface area contributed by atoms with Crippen LogP contribution in [0.1, 0.15) is 41.9 Å². The Morgan fingerprint density at radius 3 is 2.36 bits per heavy atom. The molecule has 3 aromatic rings. The largest absolute Gasteiger partial charge is 0.448 e. The number of thiophene rings is 1. The fraction of sp³-hybridized carbons (Fsp3) is 0.258. The molecule has 2 aromatic carbocycles. The van der Waals surface area contributed by atoms with Crippen molar-refractivity contribution in [3.63, 3.8) is 0 Å². The first kappa shape index (κ1) is 27.0. The second-order valence-electron chi connectivity index (χ2n) is 9.38. The van der Waals surface area contributed by atoms with Gasteiger partial charge in [0.15, 0.2) is 6.10 Å². The minimum Gasteiger partial charge on any atom is -0.448 e. The van der Waals surface area contributed by atoms with Crippen molar-refractivity contribution in [1.82, 2.24) is 10.2 Å². The highest BCUT2D eigenvalue weighted by Crippen LogP contribution is 2.42. The van der Waals surface area contributed by atoms with Crippen LogP contribution in [0.5, 0.6) is 0 Å². The topological polar surface area (TPSA) is 75.7 Å². The third-order valence-corrected chi connectivity index (χ3v) is 8.80. The van der Waals surface area contributed by atoms with Crippen molar-refractivity contribution in [2.75, 3.05) is 5.75 Å². The minimum atomic E-state index is -0.675. The van der Waals surface area contributed by atoms with Crippen LogP contribution in [0.2, 0.25) is 0 Å². The Hall–Kier alpha value is -3.62. The fourth-order valence-electron chi connectivity index (χ4n) is 4.70. The third kappa shape index (κ3) is 6.02. The van der Waals surface area contributed by atoms with Gasteiger partial charge in [0.1, 0.15) is 17.1 Å². The lowest BCUT2D eigenvalue weighted by atomic mass is 10.0. The summed E-state index contributed by atoms with van der Waals surface area (Å²) in [6.45, 7) is 2.09. The lowest BCUT2D eigenvalue weighted by Crippen LogP contribution is -2.70. The van der Waals surface area contributed by atoms with Crippen molar-refractivity contribution >= 4 is 40.9 Å². The Labute approximate surface area is 236 Å². The molecular formula is C31H30N2O4S2. The number of β-lactam (4-membered cyclic amide) rings is 1. The Bertz CT molecular complexity index is 1330. The van der Waals surface area contributed by atoms with E-state index in [1.54, 1.807) is 11.8 Å². The van der Waals surface area contributed by atoms with Crippen LogP contribution in [-0.4, -0.2) is 39.9 Å². The van der Waals surface area contributed by atoms with E-state index >= 15 is 0 Å². The van der Waals surface area contributed by atoms with Crippen LogP contribution in [0, 0.1) is 0 Å². The summed E-state index contributed by atoms with van der Waals surface area (Å²) in [5, 5.41) is 4.45. The first-order chi connectivity index (χ1) is 19.1. The molecule has 1 N–H and O–H groups in total. The predicted molar refractivity (Wildman–Crippen MR) is 155 cm³/mol. The number of rotatable bonds is 10. The maximum absolute atomic E-state index is 13.9. The van der Waals surface area contributed by atoms with Crippen molar-refractivity contribution in [1.29, 1.82) is 0 Å². The van der Waals surface area contributed by atoms with Gasteiger partial charge in [-0.25, -0.2) is 4.79 Å². The van der Waals surface area contributed by atoms with Crippen molar-refractivity contribution in [3.05, 3.63) is 118 Å². The van der Waals surface area contributed by atoms with Gasteiger partial charge in [0.05, 0.1) is 6.42 Å². The van der Waals surface area contributed by atoms with Gasteiger partial charge in [0.25, 0.3) is 5.91 Å². The van der Waals surface area contributed by atoms with Gasteiger partial charge in [-0.1, -0.05) is 92.2 Å². The Morgan fingerprint density at radius 2 is 1.74 bits per heavy atom. The molecule has 6 nitrogen and oxygen atoms in total. The van der Waals surface area contributed by atoms with Crippen LogP contribution in [0.25, 0.3) is 0 Å². The molecule has 5 rings (SSSR count). The van der Waals surface area contributed by atoms with E-state index in [1.807, 2.05) is 90.3 Å². The van der Waals surface area contributed by atoms with Gasteiger partial charge in [-0.3, -0.25) is 14.5 Å². The zero-order chi connectivity index (χ0) is 27.2. The summed E-state index contributed by atoms with van der Waals surface area (Å²) in [6, 6.07) is 22.3. The molecule has 1 saturated heterocycles. The number of fused-ring (bicyclic) bond motifs is 1. The number of allylic oxidation sites excluding steroid dienone is 2. The Morgan fingerprint density at radius 1 is 1.05 bits per heavy atom. The van der Waals surface area contributed by atoms with E-state index in [4.69, 9.17) is 4.74 Å². The van der Waals surface area contributed by atoms with Crippen LogP contribution >= 0.6 is 23.1 Å². The molecule has 1 fully saturated rings. The SMILES string of the molecule is CCCC=CC1=C(C(=O)OC(c2ccccc2)c2ccccc2)N2C(=O)[C@@H](NC(=O)Cc3cccs3)[C@@H]2SC1. The summed E-state index contributed by atoms with van der Waals surface area (Å²) in [5.41, 5.74) is 2.70. The normalized spacial score (nSPS) is 18.7. The second kappa shape index (κ2) is 12.5. The molecule has 2 amide bonds. The molecule has 2 aliphatic heterocycles. The van der Waals surface area contributed by atoms with Gasteiger partial charge >= 0.3 is 5.97 Å². The van der Waals surface area contributed by atoms with Crippen LogP contribution in [0.15, 0.2) is 102 Å². The number of hydrogen-bond acceptors (Lipinski definition) is 6. The van der Waals surface area contributed by atoms with Crippen LogP contribution in [0.4, 0.5) is 0 Å². The minimum absolute atomic E-state index is 0.203. The highest BCUT2D eigenvalue weighted by Gasteiger charge is 2.54. The number of thioether (sulfide) groups is 1. The van der Waals surface area contributed by atoms with Crippen LogP contribution < -0.4 is 5.32 Å². The zero-order valence-corrected chi connectivity index (χ0v) is 23.3. The molecule has 0 saturated carbocycles. The van der Waals surface area contributed by atoms with Crippen molar-refractivity contribution in [2.24, 2.45) is 0 Å². The number of carbonyl (C=O) groups excluding carboxylic acids is 3. The number of ether oxygens (including phenoxy) is 1. The molecule has 3 heterocycles. The van der Waals surface area contributed by atoms with Gasteiger partial charge in [0.2, 0.25) is 5.91 Å². The van der Waals surface area contributed by atoms with E-state index in [0.717, 1.165) is 34.4 Å². The van der Waals surface area contributed by atoms with E-state index in [9.17, 15) is 14.4 Å². The van der Waals surface area contributed by atoms with E-state index in [-0.39, 0.29) is 29.3 Å². The highest BCUT2D eigenvalue weighted by atomic mass is 32.2. The van der Waals surface area contributed by atoms with Crippen LogP contribution in [-0.2, 0) is 25.5 Å². The van der Waals surface area contributed by atoms with Crippen molar-refractivity contribution < 1.29 is 19.1 Å². The van der Waals surface area contributed by atoms with E-state index in [1.165, 1.54) is 16.2 Å². The number of esters is 1. The van der Waals surface area contributed by atoms with Crippen LogP contribution in [0.3, 0.4) is 0 Å². The Kier molecular flexibility index (Phi) is 8.64. The molecule has 2 atom stereocenters. The molecule has 0 unspecified atom stereocenters. The number of nitrogens with zero attached hydrogens (tertiary/aromatic N) is 1. The quantitative estimate of drug-likeness (QED) is 0.258. The lowest BCUT2D eigenvalue weighted by molar-refractivity contribution is -0.154. The summed E-state index contributed by atoms with van der Waals surface area (Å²) >= 11 is 3.06. The average molecular weight is 559 g/mol. The highest BCUT2D eigenvalue weighted by molar-refractivity contribution is 8.00. The van der Waals surface area contributed by atoms with E-state index in [0.29, 0.717) is 5.75 Å². The van der Waals surface area contributed by atoms with E-state index < -0.39 is 18.1 Å². The number of benzene rings is 2. The van der Waals surface area contributed by atoms with Gasteiger partial charge in [-0.15, -0.1) is 23.1 Å². The molecule has 39 heavy (non-hydrogen) atoms. The molecule has 0 bridgehead atoms. The second-order valence-corrected chi connectivity index (χ2v) is 11.5. The number of carbonyl (C=O) groups is 3. The Balaban J connectivity index is 1.40. The molecule has 0 spiro atoms. The van der Waals surface area contributed by atoms with Gasteiger partial charge in [-0.2, -0.15) is 0 Å². The zero-order valence-electron chi connectivity index (χ0n) is 21.6. The number of nitrogens with one attached hydrogen (secondary N) is 1. The van der Waals surface area contributed by atoms with Crippen molar-refractivity contribution in [2.45, 2.75) is 43.7 Å². The molecule has 0 aliphatic carbocycles. The maximum atomic E-state index is 13.9. The number of amides is 2. The summed E-state index contributed by atoms with van der Waals surface area (Å²) in [7, 11) is 0. The summed E-state index contributed by atoms with van der Waals surface area (Å²) < 4.78 is 6.17. The summed E-state index contributed by atoms with van der Waals surface area (Å²) in [4.78, 5) is 42.3. The smallest absolute Gasteiger partial charge is 0.356 e. The molecule has 2 aliphatic rings. The van der Waals surface area contributed by atoms with E-state index in [2.05, 4.69) is 12.2 Å². The van der Waals surface area contributed by atoms with Gasteiger partial charge in [-0.05, 0) is 34.6 Å². The maximum Gasteiger partial charge on any atom is 0.356 e. The molecule has 0 radical (unpaired) electrons. The first-order valence-corrected chi connectivity index (χ1v) is 15.0. The number of hydrogen-bond donors (Lipinski definition) is 1. The average Bonchev–Trinajstić information content (AvgIpc) is 3.48. The van der Waals surface area contributed by atoms with Crippen molar-refractivity contribution in [3.8, 4) is 0 Å². The van der Waals surface area contributed by atoms with Gasteiger partial charge < -0.3 is 10.1 Å². The monoisotopic (exact) mass is 558 g/mol. The molecular weight excluding hydrogens is 528 g/mol. The first-order valence-electron chi connectivity index (χ1n) is 13.0. The predicted octanol–water partition coefficient (Wildman–Crippen LogP) is 5.63. The molecule has 1 aromatic heterocycles. The lowest BCUT2D eigenvalue weighted by Gasteiger charge is -2.49.